The van der Waals surface area contributed by atoms with Gasteiger partial charge in [-0.05, 0) is 38.0 Å². The molecular formula is C18H20ClN7O. The van der Waals surface area contributed by atoms with Gasteiger partial charge < -0.3 is 20.5 Å². The van der Waals surface area contributed by atoms with Gasteiger partial charge in [0.05, 0.1) is 6.33 Å². The zero-order chi connectivity index (χ0) is 19.0. The number of hydrogen-bond acceptors (Lipinski definition) is 6. The second kappa shape index (κ2) is 7.03. The Morgan fingerprint density at radius 1 is 1.41 bits per heavy atom. The Kier molecular flexibility index (Phi) is 4.57. The number of amides is 1. The highest BCUT2D eigenvalue weighted by atomic mass is 35.5. The molecule has 2 aromatic heterocycles. The molecule has 3 aromatic rings. The number of carbonyl (C=O) groups is 1. The summed E-state index contributed by atoms with van der Waals surface area (Å²) in [7, 11) is 0. The van der Waals surface area contributed by atoms with Crippen molar-refractivity contribution < 1.29 is 4.79 Å². The van der Waals surface area contributed by atoms with Gasteiger partial charge in [0.2, 0.25) is 11.9 Å². The number of nitrogens with two attached hydrogens (primary N) is 1. The van der Waals surface area contributed by atoms with Crippen molar-refractivity contribution in [2.75, 3.05) is 16.8 Å². The first-order valence-electron chi connectivity index (χ1n) is 8.88. The van der Waals surface area contributed by atoms with Crippen LogP contribution in [-0.2, 0) is 11.3 Å². The van der Waals surface area contributed by atoms with Crippen molar-refractivity contribution in [2.24, 2.45) is 5.73 Å². The van der Waals surface area contributed by atoms with E-state index in [4.69, 9.17) is 17.3 Å². The van der Waals surface area contributed by atoms with Crippen LogP contribution in [0.5, 0.6) is 0 Å². The lowest BCUT2D eigenvalue weighted by molar-refractivity contribution is -0.119. The first kappa shape index (κ1) is 17.5. The second-order valence-electron chi connectivity index (χ2n) is 6.46. The van der Waals surface area contributed by atoms with Gasteiger partial charge in [-0.1, -0.05) is 17.7 Å². The lowest BCUT2D eigenvalue weighted by atomic mass is 10.2. The molecular weight excluding hydrogens is 366 g/mol. The van der Waals surface area contributed by atoms with Crippen LogP contribution in [0.3, 0.4) is 0 Å². The SMILES string of the molecule is CCn1cnc2c(Nc3cccc(Cl)c3)nc(N3CCC[C@H]3C(N)=O)nc21. The van der Waals surface area contributed by atoms with E-state index in [1.165, 1.54) is 0 Å². The molecule has 3 heterocycles. The van der Waals surface area contributed by atoms with Gasteiger partial charge >= 0.3 is 0 Å². The molecule has 0 saturated carbocycles. The summed E-state index contributed by atoms with van der Waals surface area (Å²) in [5.41, 5.74) is 7.74. The molecule has 0 radical (unpaired) electrons. The van der Waals surface area contributed by atoms with Gasteiger partial charge in [0.1, 0.15) is 6.04 Å². The summed E-state index contributed by atoms with van der Waals surface area (Å²) in [6, 6.07) is 6.99. The lowest BCUT2D eigenvalue weighted by Crippen LogP contribution is -2.41. The molecule has 3 N–H and O–H groups in total. The fourth-order valence-corrected chi connectivity index (χ4v) is 3.57. The van der Waals surface area contributed by atoms with Crippen molar-refractivity contribution in [2.45, 2.75) is 32.4 Å². The third kappa shape index (κ3) is 3.28. The van der Waals surface area contributed by atoms with Crippen LogP contribution in [0.25, 0.3) is 11.2 Å². The molecule has 1 fully saturated rings. The molecule has 0 spiro atoms. The topological polar surface area (TPSA) is 102 Å². The Bertz CT molecular complexity index is 1000. The van der Waals surface area contributed by atoms with Gasteiger partial charge in [-0.25, -0.2) is 4.98 Å². The molecule has 0 bridgehead atoms. The summed E-state index contributed by atoms with van der Waals surface area (Å²) in [4.78, 5) is 27.5. The zero-order valence-corrected chi connectivity index (χ0v) is 15.6. The summed E-state index contributed by atoms with van der Waals surface area (Å²) in [5.74, 6) is 0.688. The zero-order valence-electron chi connectivity index (χ0n) is 14.9. The monoisotopic (exact) mass is 385 g/mol. The summed E-state index contributed by atoms with van der Waals surface area (Å²) in [5, 5.41) is 3.90. The Labute approximate surface area is 161 Å². The first-order chi connectivity index (χ1) is 13.1. The Morgan fingerprint density at radius 2 is 2.26 bits per heavy atom. The number of anilines is 3. The molecule has 1 atom stereocenters. The van der Waals surface area contributed by atoms with Crippen molar-refractivity contribution in [3.63, 3.8) is 0 Å². The van der Waals surface area contributed by atoms with E-state index in [1.807, 2.05) is 34.6 Å². The number of rotatable bonds is 5. The van der Waals surface area contributed by atoms with Crippen molar-refractivity contribution in [1.29, 1.82) is 0 Å². The number of aromatic nitrogens is 4. The van der Waals surface area contributed by atoms with Gasteiger partial charge in [-0.3, -0.25) is 4.79 Å². The third-order valence-corrected chi connectivity index (χ3v) is 4.95. The molecule has 9 heteroatoms. The molecule has 1 saturated heterocycles. The van der Waals surface area contributed by atoms with Crippen LogP contribution in [0.15, 0.2) is 30.6 Å². The van der Waals surface area contributed by atoms with Crippen molar-refractivity contribution in [3.8, 4) is 0 Å². The molecule has 1 aliphatic rings. The molecule has 1 amide bonds. The van der Waals surface area contributed by atoms with Gasteiger partial charge in [0.15, 0.2) is 17.0 Å². The predicted octanol–water partition coefficient (Wildman–Crippen LogP) is 2.70. The first-order valence-corrected chi connectivity index (χ1v) is 9.26. The number of halogens is 1. The van der Waals surface area contributed by atoms with E-state index >= 15 is 0 Å². The fraction of sp³-hybridized carbons (Fsp3) is 0.333. The number of aryl methyl sites for hydroxylation is 1. The molecule has 1 aromatic carbocycles. The molecule has 0 aliphatic carbocycles. The van der Waals surface area contributed by atoms with Crippen LogP contribution >= 0.6 is 11.6 Å². The minimum atomic E-state index is -0.389. The molecule has 1 aliphatic heterocycles. The minimum Gasteiger partial charge on any atom is -0.368 e. The normalized spacial score (nSPS) is 16.8. The maximum atomic E-state index is 11.8. The van der Waals surface area contributed by atoms with E-state index in [0.29, 0.717) is 40.9 Å². The van der Waals surface area contributed by atoms with E-state index < -0.39 is 0 Å². The largest absolute Gasteiger partial charge is 0.368 e. The highest BCUT2D eigenvalue weighted by Crippen LogP contribution is 2.29. The highest BCUT2D eigenvalue weighted by molar-refractivity contribution is 6.30. The van der Waals surface area contributed by atoms with E-state index in [1.54, 1.807) is 12.4 Å². The predicted molar refractivity (Wildman–Crippen MR) is 105 cm³/mol. The van der Waals surface area contributed by atoms with E-state index in [-0.39, 0.29) is 11.9 Å². The summed E-state index contributed by atoms with van der Waals surface area (Å²) in [6.45, 7) is 3.44. The van der Waals surface area contributed by atoms with Crippen LogP contribution in [0.2, 0.25) is 5.02 Å². The summed E-state index contributed by atoms with van der Waals surface area (Å²) in [6.07, 6.45) is 3.32. The van der Waals surface area contributed by atoms with Gasteiger partial charge in [-0.15, -0.1) is 0 Å². The average molecular weight is 386 g/mol. The molecule has 8 nitrogen and oxygen atoms in total. The van der Waals surface area contributed by atoms with Crippen LogP contribution in [0.4, 0.5) is 17.5 Å². The maximum Gasteiger partial charge on any atom is 0.240 e. The number of primary amides is 1. The number of imidazole rings is 1. The summed E-state index contributed by atoms with van der Waals surface area (Å²) >= 11 is 6.09. The standard InChI is InChI=1S/C18H20ClN7O/c1-2-25-10-21-14-16(22-12-6-3-5-11(19)9-12)23-18(24-17(14)25)26-8-4-7-13(26)15(20)27/h3,5-6,9-10,13H,2,4,7-8H2,1H3,(H2,20,27)(H,22,23,24)/t13-/m0/s1. The van der Waals surface area contributed by atoms with E-state index in [9.17, 15) is 4.79 Å². The third-order valence-electron chi connectivity index (χ3n) is 4.72. The van der Waals surface area contributed by atoms with Gasteiger partial charge in [0, 0.05) is 23.8 Å². The van der Waals surface area contributed by atoms with Crippen LogP contribution < -0.4 is 16.0 Å². The maximum absolute atomic E-state index is 11.8. The van der Waals surface area contributed by atoms with Crippen molar-refractivity contribution in [1.82, 2.24) is 19.5 Å². The Balaban J connectivity index is 1.82. The lowest BCUT2D eigenvalue weighted by Gasteiger charge is -2.22. The highest BCUT2D eigenvalue weighted by Gasteiger charge is 2.32. The number of carbonyl (C=O) groups excluding carboxylic acids is 1. The van der Waals surface area contributed by atoms with E-state index in [2.05, 4.69) is 20.3 Å². The van der Waals surface area contributed by atoms with Gasteiger partial charge in [-0.2, -0.15) is 9.97 Å². The van der Waals surface area contributed by atoms with Crippen LogP contribution in [0, 0.1) is 0 Å². The van der Waals surface area contributed by atoms with Gasteiger partial charge in [0.25, 0.3) is 0 Å². The number of nitrogens with one attached hydrogen (secondary N) is 1. The van der Waals surface area contributed by atoms with Crippen molar-refractivity contribution in [3.05, 3.63) is 35.6 Å². The minimum absolute atomic E-state index is 0.357. The Hall–Kier alpha value is -2.87. The second-order valence-corrected chi connectivity index (χ2v) is 6.90. The fourth-order valence-electron chi connectivity index (χ4n) is 3.38. The van der Waals surface area contributed by atoms with Crippen LogP contribution in [-0.4, -0.2) is 38.0 Å². The smallest absolute Gasteiger partial charge is 0.240 e. The number of hydrogen-bond donors (Lipinski definition) is 2. The summed E-state index contributed by atoms with van der Waals surface area (Å²) < 4.78 is 1.94. The van der Waals surface area contributed by atoms with E-state index in [0.717, 1.165) is 18.7 Å². The number of benzene rings is 1. The molecule has 27 heavy (non-hydrogen) atoms. The van der Waals surface area contributed by atoms with Crippen molar-refractivity contribution >= 4 is 46.1 Å². The molecule has 4 rings (SSSR count). The number of nitrogens with zero attached hydrogens (tertiary/aromatic N) is 5. The average Bonchev–Trinajstić information content (AvgIpc) is 3.28. The molecule has 140 valence electrons. The number of fused-ring (bicyclic) bond motifs is 1. The quantitative estimate of drug-likeness (QED) is 0.700. The Morgan fingerprint density at radius 3 is 3.00 bits per heavy atom. The van der Waals surface area contributed by atoms with Crippen LogP contribution in [0.1, 0.15) is 19.8 Å². The molecule has 0 unspecified atom stereocenters.